The number of carbonyl (C=O) groups is 2. The number of primary amides is 1. The maximum atomic E-state index is 12.1. The first-order valence-corrected chi connectivity index (χ1v) is 6.38. The van der Waals surface area contributed by atoms with Gasteiger partial charge in [-0.05, 0) is 50.5 Å². The average molecular weight is 258 g/mol. The number of hydrogen-bond acceptors (Lipinski definition) is 2. The quantitative estimate of drug-likeness (QED) is 0.814. The molecule has 1 atom stereocenters. The predicted molar refractivity (Wildman–Crippen MR) is 73.8 cm³/mol. The molecule has 0 saturated carbocycles. The summed E-state index contributed by atoms with van der Waals surface area (Å²) in [6.45, 7) is 2.05. The van der Waals surface area contributed by atoms with Gasteiger partial charge in [-0.1, -0.05) is 12.2 Å². The van der Waals surface area contributed by atoms with E-state index in [4.69, 9.17) is 5.73 Å². The first-order chi connectivity index (χ1) is 9.00. The highest BCUT2D eigenvalue weighted by Crippen LogP contribution is 2.23. The Morgan fingerprint density at radius 2 is 1.79 bits per heavy atom. The van der Waals surface area contributed by atoms with E-state index < -0.39 is 5.91 Å². The van der Waals surface area contributed by atoms with Gasteiger partial charge in [0.2, 0.25) is 5.91 Å². The molecule has 4 nitrogen and oxygen atoms in total. The fourth-order valence-electron chi connectivity index (χ4n) is 2.21. The number of benzene rings is 1. The van der Waals surface area contributed by atoms with Crippen molar-refractivity contribution < 1.29 is 9.59 Å². The second kappa shape index (κ2) is 5.26. The van der Waals surface area contributed by atoms with Crippen molar-refractivity contribution in [1.29, 1.82) is 0 Å². The van der Waals surface area contributed by atoms with Gasteiger partial charge in [0.1, 0.15) is 0 Å². The molecule has 4 heteroatoms. The second-order valence-corrected chi connectivity index (χ2v) is 5.17. The Morgan fingerprint density at radius 3 is 2.32 bits per heavy atom. The van der Waals surface area contributed by atoms with E-state index in [1.54, 1.807) is 24.3 Å². The molecule has 0 heterocycles. The van der Waals surface area contributed by atoms with E-state index in [0.29, 0.717) is 11.1 Å². The summed E-state index contributed by atoms with van der Waals surface area (Å²) in [4.78, 5) is 23.1. The summed E-state index contributed by atoms with van der Waals surface area (Å²) < 4.78 is 0. The van der Waals surface area contributed by atoms with Crippen LogP contribution in [0.15, 0.2) is 36.4 Å². The summed E-state index contributed by atoms with van der Waals surface area (Å²) in [5.74, 6) is -0.606. The number of amides is 2. The Hall–Kier alpha value is -2.10. The van der Waals surface area contributed by atoms with Gasteiger partial charge in [0.05, 0.1) is 0 Å². The third-order valence-electron chi connectivity index (χ3n) is 3.44. The summed E-state index contributed by atoms with van der Waals surface area (Å²) >= 11 is 0. The molecule has 1 aliphatic rings. The molecule has 0 spiro atoms. The normalized spacial score (nSPS) is 21.9. The van der Waals surface area contributed by atoms with Crippen LogP contribution in [0, 0.1) is 0 Å². The molecular formula is C15H18N2O2. The molecule has 0 aliphatic heterocycles. The van der Waals surface area contributed by atoms with Crippen molar-refractivity contribution in [2.75, 3.05) is 0 Å². The maximum Gasteiger partial charge on any atom is 0.251 e. The van der Waals surface area contributed by atoms with Crippen LogP contribution in [0.25, 0.3) is 0 Å². The van der Waals surface area contributed by atoms with E-state index in [0.717, 1.165) is 19.3 Å². The van der Waals surface area contributed by atoms with Gasteiger partial charge in [-0.3, -0.25) is 9.59 Å². The first-order valence-electron chi connectivity index (χ1n) is 6.38. The molecule has 0 radical (unpaired) electrons. The van der Waals surface area contributed by atoms with Gasteiger partial charge in [0.15, 0.2) is 0 Å². The van der Waals surface area contributed by atoms with Crippen molar-refractivity contribution in [3.05, 3.63) is 47.5 Å². The molecule has 0 aromatic heterocycles. The molecule has 0 bridgehead atoms. The van der Waals surface area contributed by atoms with Gasteiger partial charge in [-0.15, -0.1) is 0 Å². The van der Waals surface area contributed by atoms with Crippen LogP contribution in [0.4, 0.5) is 0 Å². The predicted octanol–water partition coefficient (Wildman–Crippen LogP) is 2.01. The maximum absolute atomic E-state index is 12.1. The third kappa shape index (κ3) is 3.22. The lowest BCUT2D eigenvalue weighted by Crippen LogP contribution is -2.46. The van der Waals surface area contributed by atoms with Gasteiger partial charge in [0.25, 0.3) is 5.91 Å². The van der Waals surface area contributed by atoms with Crippen LogP contribution in [0.2, 0.25) is 0 Å². The number of allylic oxidation sites excluding steroid dienone is 1. The van der Waals surface area contributed by atoms with Crippen LogP contribution in [0.1, 0.15) is 46.9 Å². The van der Waals surface area contributed by atoms with E-state index in [2.05, 4.69) is 17.5 Å². The Morgan fingerprint density at radius 1 is 1.16 bits per heavy atom. The minimum atomic E-state index is -0.490. The summed E-state index contributed by atoms with van der Waals surface area (Å²) in [5.41, 5.74) is 5.93. The van der Waals surface area contributed by atoms with Crippen LogP contribution < -0.4 is 11.1 Å². The van der Waals surface area contributed by atoms with Crippen molar-refractivity contribution in [3.63, 3.8) is 0 Å². The minimum Gasteiger partial charge on any atom is -0.366 e. The van der Waals surface area contributed by atoms with Gasteiger partial charge < -0.3 is 11.1 Å². The highest BCUT2D eigenvalue weighted by molar-refractivity contribution is 5.97. The first kappa shape index (κ1) is 13.3. The lowest BCUT2D eigenvalue weighted by Gasteiger charge is -2.32. The Kier molecular flexibility index (Phi) is 3.69. The zero-order valence-electron chi connectivity index (χ0n) is 11.0. The van der Waals surface area contributed by atoms with E-state index in [1.807, 2.05) is 6.92 Å². The number of hydrogen-bond donors (Lipinski definition) is 2. The molecule has 1 aliphatic carbocycles. The summed E-state index contributed by atoms with van der Waals surface area (Å²) in [6, 6.07) is 6.38. The molecular weight excluding hydrogens is 240 g/mol. The third-order valence-corrected chi connectivity index (χ3v) is 3.44. The van der Waals surface area contributed by atoms with Crippen LogP contribution in [0.5, 0.6) is 0 Å². The molecule has 1 aromatic carbocycles. The van der Waals surface area contributed by atoms with Crippen LogP contribution in [-0.2, 0) is 0 Å². The minimum absolute atomic E-state index is 0.117. The Bertz CT molecular complexity index is 519. The molecule has 0 saturated heterocycles. The molecule has 1 aromatic rings. The second-order valence-electron chi connectivity index (χ2n) is 5.17. The largest absolute Gasteiger partial charge is 0.366 e. The van der Waals surface area contributed by atoms with Crippen molar-refractivity contribution in [1.82, 2.24) is 5.32 Å². The Labute approximate surface area is 112 Å². The number of nitrogens with one attached hydrogen (secondary N) is 1. The van der Waals surface area contributed by atoms with Crippen molar-refractivity contribution >= 4 is 11.8 Å². The fraction of sp³-hybridized carbons (Fsp3) is 0.333. The van der Waals surface area contributed by atoms with E-state index in [9.17, 15) is 9.59 Å². The van der Waals surface area contributed by atoms with E-state index in [1.165, 1.54) is 0 Å². The van der Waals surface area contributed by atoms with Crippen molar-refractivity contribution in [2.45, 2.75) is 31.7 Å². The standard InChI is InChI=1S/C15H18N2O2/c1-15(9-3-2-4-10-15)17-14(19)12-7-5-11(6-8-12)13(16)18/h2-3,5-8H,4,9-10H2,1H3,(H2,16,18)(H,17,19)/t15-/m1/s1. The van der Waals surface area contributed by atoms with Crippen LogP contribution in [0.3, 0.4) is 0 Å². The molecule has 0 fully saturated rings. The zero-order chi connectivity index (χ0) is 13.9. The summed E-state index contributed by atoms with van der Waals surface area (Å²) in [6.07, 6.45) is 7.00. The molecule has 2 rings (SSSR count). The molecule has 3 N–H and O–H groups in total. The van der Waals surface area contributed by atoms with Crippen molar-refractivity contribution in [3.8, 4) is 0 Å². The van der Waals surface area contributed by atoms with Crippen LogP contribution in [-0.4, -0.2) is 17.4 Å². The number of carbonyl (C=O) groups excluding carboxylic acids is 2. The molecule has 100 valence electrons. The Balaban J connectivity index is 2.07. The highest BCUT2D eigenvalue weighted by Gasteiger charge is 2.26. The summed E-state index contributed by atoms with van der Waals surface area (Å²) in [7, 11) is 0. The topological polar surface area (TPSA) is 72.2 Å². The number of nitrogens with two attached hydrogens (primary N) is 1. The van der Waals surface area contributed by atoms with Gasteiger partial charge >= 0.3 is 0 Å². The fourth-order valence-corrected chi connectivity index (χ4v) is 2.21. The monoisotopic (exact) mass is 258 g/mol. The smallest absolute Gasteiger partial charge is 0.251 e. The van der Waals surface area contributed by atoms with Gasteiger partial charge in [-0.25, -0.2) is 0 Å². The number of rotatable bonds is 3. The van der Waals surface area contributed by atoms with Crippen molar-refractivity contribution in [2.24, 2.45) is 5.73 Å². The van der Waals surface area contributed by atoms with Gasteiger partial charge in [0, 0.05) is 16.7 Å². The average Bonchev–Trinajstić information content (AvgIpc) is 2.39. The highest BCUT2D eigenvalue weighted by atomic mass is 16.2. The molecule has 2 amide bonds. The SMILES string of the molecule is C[C@@]1(NC(=O)c2ccc(C(N)=O)cc2)CC=CCC1. The lowest BCUT2D eigenvalue weighted by atomic mass is 9.87. The van der Waals surface area contributed by atoms with E-state index in [-0.39, 0.29) is 11.4 Å². The lowest BCUT2D eigenvalue weighted by molar-refractivity contribution is 0.0899. The molecule has 0 unspecified atom stereocenters. The van der Waals surface area contributed by atoms with Gasteiger partial charge in [-0.2, -0.15) is 0 Å². The van der Waals surface area contributed by atoms with Crippen LogP contribution >= 0.6 is 0 Å². The summed E-state index contributed by atoms with van der Waals surface area (Å²) in [5, 5.41) is 3.05. The zero-order valence-corrected chi connectivity index (χ0v) is 11.0. The molecule has 19 heavy (non-hydrogen) atoms. The van der Waals surface area contributed by atoms with E-state index >= 15 is 0 Å².